The van der Waals surface area contributed by atoms with Crippen LogP contribution in [0.15, 0.2) is 36.5 Å². The molecule has 0 unspecified atom stereocenters. The number of nitrogens with zero attached hydrogens (tertiary/aromatic N) is 5. The minimum Gasteiger partial charge on any atom is -0.351 e. The Bertz CT molecular complexity index is 928. The zero-order chi connectivity index (χ0) is 19.4. The van der Waals surface area contributed by atoms with Gasteiger partial charge in [-0.2, -0.15) is 0 Å². The second-order valence-corrected chi connectivity index (χ2v) is 6.97. The molecule has 0 saturated carbocycles. The van der Waals surface area contributed by atoms with Crippen LogP contribution in [-0.2, 0) is 0 Å². The van der Waals surface area contributed by atoms with E-state index in [1.807, 2.05) is 37.3 Å². The van der Waals surface area contributed by atoms with Gasteiger partial charge in [-0.15, -0.1) is 5.10 Å². The lowest BCUT2D eigenvalue weighted by atomic mass is 10.2. The normalized spacial score (nSPS) is 11.5. The molecule has 7 heteroatoms. The predicted molar refractivity (Wildman–Crippen MR) is 106 cm³/mol. The van der Waals surface area contributed by atoms with Gasteiger partial charge in [0.2, 0.25) is 0 Å². The summed E-state index contributed by atoms with van der Waals surface area (Å²) in [5, 5.41) is 12.2. The van der Waals surface area contributed by atoms with E-state index in [4.69, 9.17) is 0 Å². The zero-order valence-corrected chi connectivity index (χ0v) is 16.3. The third-order valence-corrected chi connectivity index (χ3v) is 4.82. The lowest BCUT2D eigenvalue weighted by Gasteiger charge is -2.20. The van der Waals surface area contributed by atoms with E-state index < -0.39 is 0 Å². The van der Waals surface area contributed by atoms with Crippen LogP contribution in [0.4, 0.5) is 0 Å². The van der Waals surface area contributed by atoms with E-state index in [1.165, 1.54) is 0 Å². The number of amides is 1. The molecule has 0 spiro atoms. The summed E-state index contributed by atoms with van der Waals surface area (Å²) in [6.07, 6.45) is 2.65. The van der Waals surface area contributed by atoms with Crippen molar-refractivity contribution in [3.8, 4) is 5.69 Å². The highest BCUT2D eigenvalue weighted by molar-refractivity contribution is 5.93. The molecule has 2 heterocycles. The zero-order valence-electron chi connectivity index (χ0n) is 16.3. The fourth-order valence-corrected chi connectivity index (χ4v) is 2.91. The summed E-state index contributed by atoms with van der Waals surface area (Å²) in [4.78, 5) is 19.1. The SMILES string of the molecule is Cc1c(C(=O)NCCCN(C)C(C)C)nnn1-c1cccc2ncccc12. The Morgan fingerprint density at radius 2 is 2.07 bits per heavy atom. The number of hydrogen-bond acceptors (Lipinski definition) is 5. The molecule has 0 fully saturated rings. The van der Waals surface area contributed by atoms with Crippen LogP contribution in [0.2, 0.25) is 0 Å². The number of hydrogen-bond donors (Lipinski definition) is 1. The molecule has 0 aliphatic carbocycles. The predicted octanol–water partition coefficient (Wildman–Crippen LogP) is 2.58. The highest BCUT2D eigenvalue weighted by atomic mass is 16.2. The number of aromatic nitrogens is 4. The lowest BCUT2D eigenvalue weighted by molar-refractivity contribution is 0.0946. The summed E-state index contributed by atoms with van der Waals surface area (Å²) in [5.74, 6) is -0.190. The first-order valence-electron chi connectivity index (χ1n) is 9.24. The van der Waals surface area contributed by atoms with Crippen molar-refractivity contribution in [1.82, 2.24) is 30.2 Å². The molecule has 7 nitrogen and oxygen atoms in total. The number of fused-ring (bicyclic) bond motifs is 1. The molecular formula is C20H26N6O. The number of rotatable bonds is 7. The Balaban J connectivity index is 1.72. The van der Waals surface area contributed by atoms with Crippen molar-refractivity contribution >= 4 is 16.8 Å². The molecule has 1 N–H and O–H groups in total. The van der Waals surface area contributed by atoms with E-state index in [0.717, 1.165) is 29.6 Å². The molecule has 27 heavy (non-hydrogen) atoms. The molecule has 0 aliphatic heterocycles. The molecule has 0 aliphatic rings. The first-order chi connectivity index (χ1) is 13.0. The van der Waals surface area contributed by atoms with Crippen molar-refractivity contribution in [3.05, 3.63) is 47.9 Å². The monoisotopic (exact) mass is 366 g/mol. The van der Waals surface area contributed by atoms with E-state index in [2.05, 4.69) is 46.4 Å². The molecule has 3 aromatic rings. The van der Waals surface area contributed by atoms with Crippen molar-refractivity contribution in [2.45, 2.75) is 33.2 Å². The molecule has 0 bridgehead atoms. The van der Waals surface area contributed by atoms with Crippen LogP contribution in [0.25, 0.3) is 16.6 Å². The summed E-state index contributed by atoms with van der Waals surface area (Å²) in [6.45, 7) is 7.72. The molecule has 0 radical (unpaired) electrons. The highest BCUT2D eigenvalue weighted by Gasteiger charge is 2.18. The summed E-state index contributed by atoms with van der Waals surface area (Å²) in [7, 11) is 2.08. The molecule has 0 saturated heterocycles. The van der Waals surface area contributed by atoms with Gasteiger partial charge >= 0.3 is 0 Å². The largest absolute Gasteiger partial charge is 0.351 e. The molecular weight excluding hydrogens is 340 g/mol. The Hall–Kier alpha value is -2.80. The summed E-state index contributed by atoms with van der Waals surface area (Å²) >= 11 is 0. The smallest absolute Gasteiger partial charge is 0.273 e. The van der Waals surface area contributed by atoms with E-state index in [0.29, 0.717) is 24.0 Å². The van der Waals surface area contributed by atoms with Crippen LogP contribution < -0.4 is 5.32 Å². The van der Waals surface area contributed by atoms with Gasteiger partial charge < -0.3 is 10.2 Å². The number of benzene rings is 1. The summed E-state index contributed by atoms with van der Waals surface area (Å²) in [5.41, 5.74) is 2.81. The minimum atomic E-state index is -0.190. The number of carbonyl (C=O) groups excluding carboxylic acids is 1. The summed E-state index contributed by atoms with van der Waals surface area (Å²) < 4.78 is 1.70. The fourth-order valence-electron chi connectivity index (χ4n) is 2.91. The van der Waals surface area contributed by atoms with Gasteiger partial charge in [0, 0.05) is 24.2 Å². The topological polar surface area (TPSA) is 75.9 Å². The fraction of sp³-hybridized carbons (Fsp3) is 0.400. The van der Waals surface area contributed by atoms with E-state index in [1.54, 1.807) is 10.9 Å². The van der Waals surface area contributed by atoms with Crippen molar-refractivity contribution in [1.29, 1.82) is 0 Å². The van der Waals surface area contributed by atoms with E-state index in [-0.39, 0.29) is 5.91 Å². The average Bonchev–Trinajstić information content (AvgIpc) is 3.05. The van der Waals surface area contributed by atoms with E-state index >= 15 is 0 Å². The van der Waals surface area contributed by atoms with Crippen molar-refractivity contribution in [2.24, 2.45) is 0 Å². The third kappa shape index (κ3) is 4.14. The van der Waals surface area contributed by atoms with Crippen molar-refractivity contribution < 1.29 is 4.79 Å². The van der Waals surface area contributed by atoms with Crippen LogP contribution in [0.5, 0.6) is 0 Å². The highest BCUT2D eigenvalue weighted by Crippen LogP contribution is 2.21. The second-order valence-electron chi connectivity index (χ2n) is 6.97. The van der Waals surface area contributed by atoms with Crippen LogP contribution >= 0.6 is 0 Å². The Labute approximate surface area is 159 Å². The molecule has 3 rings (SSSR count). The Kier molecular flexibility index (Phi) is 5.81. The lowest BCUT2D eigenvalue weighted by Crippen LogP contribution is -2.31. The van der Waals surface area contributed by atoms with Gasteiger partial charge in [-0.1, -0.05) is 11.3 Å². The van der Waals surface area contributed by atoms with E-state index in [9.17, 15) is 4.79 Å². The van der Waals surface area contributed by atoms with Gasteiger partial charge in [0.25, 0.3) is 5.91 Å². The van der Waals surface area contributed by atoms with Gasteiger partial charge in [0.15, 0.2) is 5.69 Å². The quantitative estimate of drug-likeness (QED) is 0.651. The molecule has 1 amide bonds. The maximum absolute atomic E-state index is 12.5. The van der Waals surface area contributed by atoms with Crippen LogP contribution in [-0.4, -0.2) is 57.0 Å². The first kappa shape index (κ1) is 19.0. The number of nitrogens with one attached hydrogen (secondary N) is 1. The van der Waals surface area contributed by atoms with Gasteiger partial charge in [0.1, 0.15) is 0 Å². The van der Waals surface area contributed by atoms with Crippen LogP contribution in [0.3, 0.4) is 0 Å². The van der Waals surface area contributed by atoms with Gasteiger partial charge in [-0.3, -0.25) is 9.78 Å². The van der Waals surface area contributed by atoms with Crippen molar-refractivity contribution in [3.63, 3.8) is 0 Å². The third-order valence-electron chi connectivity index (χ3n) is 4.82. The number of carbonyl (C=O) groups is 1. The van der Waals surface area contributed by atoms with Gasteiger partial charge in [-0.25, -0.2) is 4.68 Å². The molecule has 1 aromatic carbocycles. The Morgan fingerprint density at radius 3 is 2.85 bits per heavy atom. The Morgan fingerprint density at radius 1 is 1.26 bits per heavy atom. The maximum Gasteiger partial charge on any atom is 0.273 e. The second kappa shape index (κ2) is 8.26. The number of pyridine rings is 1. The van der Waals surface area contributed by atoms with Crippen LogP contribution in [0.1, 0.15) is 36.5 Å². The maximum atomic E-state index is 12.5. The molecule has 142 valence electrons. The van der Waals surface area contributed by atoms with Crippen LogP contribution in [0, 0.1) is 6.92 Å². The standard InChI is InChI=1S/C20H26N6O/c1-14(2)25(4)13-7-12-22-20(27)19-15(3)26(24-23-19)18-10-5-9-17-16(18)8-6-11-21-17/h5-6,8-11,14H,7,12-13H2,1-4H3,(H,22,27). The summed E-state index contributed by atoms with van der Waals surface area (Å²) in [6, 6.07) is 10.2. The van der Waals surface area contributed by atoms with Gasteiger partial charge in [-0.05, 0) is 65.0 Å². The van der Waals surface area contributed by atoms with Gasteiger partial charge in [0.05, 0.1) is 16.9 Å². The molecule has 2 aromatic heterocycles. The minimum absolute atomic E-state index is 0.190. The first-order valence-corrected chi connectivity index (χ1v) is 9.24. The van der Waals surface area contributed by atoms with Crippen molar-refractivity contribution in [2.75, 3.05) is 20.1 Å². The molecule has 0 atom stereocenters. The average molecular weight is 366 g/mol.